The molecule has 0 amide bonds. The topological polar surface area (TPSA) is 77.8 Å². The van der Waals surface area contributed by atoms with Crippen molar-refractivity contribution in [3.63, 3.8) is 0 Å². The largest absolute Gasteiger partial charge is 0.497 e. The van der Waals surface area contributed by atoms with Gasteiger partial charge in [0.25, 0.3) is 0 Å². The van der Waals surface area contributed by atoms with E-state index >= 15 is 0 Å². The Morgan fingerprint density at radius 1 is 1.12 bits per heavy atom. The fourth-order valence-electron chi connectivity index (χ4n) is 3.97. The Hall–Kier alpha value is -3.97. The number of fused-ring (bicyclic) bond motifs is 2. The van der Waals surface area contributed by atoms with Crippen molar-refractivity contribution < 1.29 is 4.74 Å². The number of hydrogen-bond acceptors (Lipinski definition) is 6. The van der Waals surface area contributed by atoms with Crippen LogP contribution in [0.3, 0.4) is 0 Å². The molecule has 34 heavy (non-hydrogen) atoms. The van der Waals surface area contributed by atoms with Crippen molar-refractivity contribution >= 4 is 44.4 Å². The molecule has 0 fully saturated rings. The van der Waals surface area contributed by atoms with Gasteiger partial charge in [-0.3, -0.25) is 4.98 Å². The summed E-state index contributed by atoms with van der Waals surface area (Å²) in [6, 6.07) is 15.9. The Morgan fingerprint density at radius 3 is 2.71 bits per heavy atom. The Labute approximate surface area is 202 Å². The van der Waals surface area contributed by atoms with Crippen LogP contribution >= 0.6 is 11.6 Å². The van der Waals surface area contributed by atoms with Gasteiger partial charge in [-0.15, -0.1) is 0 Å². The van der Waals surface area contributed by atoms with Crippen LogP contribution in [0.5, 0.6) is 5.75 Å². The van der Waals surface area contributed by atoms with Gasteiger partial charge in [-0.1, -0.05) is 48.5 Å². The number of aromatic nitrogens is 5. The number of methoxy groups -OCH3 is 1. The Kier molecular flexibility index (Phi) is 5.86. The lowest BCUT2D eigenvalue weighted by Crippen LogP contribution is -2.10. The van der Waals surface area contributed by atoms with Crippen molar-refractivity contribution in [3.8, 4) is 5.75 Å². The highest BCUT2D eigenvalue weighted by atomic mass is 35.5. The number of pyridine rings is 1. The maximum atomic E-state index is 6.15. The van der Waals surface area contributed by atoms with E-state index in [2.05, 4.69) is 37.9 Å². The average Bonchev–Trinajstić information content (AvgIpc) is 3.27. The molecule has 7 nitrogen and oxygen atoms in total. The predicted octanol–water partition coefficient (Wildman–Crippen LogP) is 5.81. The first-order chi connectivity index (χ1) is 16.5. The molecule has 0 spiro atoms. The van der Waals surface area contributed by atoms with Gasteiger partial charge in [0.15, 0.2) is 11.5 Å². The molecule has 1 unspecified atom stereocenters. The second kappa shape index (κ2) is 9.11. The number of imidazole rings is 1. The Balaban J connectivity index is 1.41. The van der Waals surface area contributed by atoms with Crippen molar-refractivity contribution in [1.82, 2.24) is 24.5 Å². The van der Waals surface area contributed by atoms with E-state index in [1.54, 1.807) is 19.8 Å². The number of nitrogens with one attached hydrogen (secondary N) is 1. The third-order valence-electron chi connectivity index (χ3n) is 5.79. The van der Waals surface area contributed by atoms with E-state index in [1.807, 2.05) is 60.2 Å². The minimum absolute atomic E-state index is 0.0999. The molecule has 0 aliphatic rings. The molecule has 0 bridgehead atoms. The second-order valence-electron chi connectivity index (χ2n) is 8.02. The van der Waals surface area contributed by atoms with Gasteiger partial charge in [0.05, 0.1) is 31.7 Å². The summed E-state index contributed by atoms with van der Waals surface area (Å²) in [5.41, 5.74) is 4.37. The monoisotopic (exact) mass is 470 g/mol. The smallest absolute Gasteiger partial charge is 0.165 e. The van der Waals surface area contributed by atoms with Gasteiger partial charge in [0.2, 0.25) is 0 Å². The average molecular weight is 471 g/mol. The van der Waals surface area contributed by atoms with Crippen LogP contribution in [-0.4, -0.2) is 31.6 Å². The molecule has 3 aromatic heterocycles. The van der Waals surface area contributed by atoms with E-state index in [9.17, 15) is 0 Å². The summed E-state index contributed by atoms with van der Waals surface area (Å²) in [6.07, 6.45) is 5.18. The van der Waals surface area contributed by atoms with E-state index in [0.717, 1.165) is 39.0 Å². The van der Waals surface area contributed by atoms with Crippen LogP contribution < -0.4 is 10.1 Å². The van der Waals surface area contributed by atoms with Gasteiger partial charge in [-0.05, 0) is 36.1 Å². The SMILES string of the molecule is C=C(Cl)c1cccc2cc(C(C)Nc3ncnc4c3ncn4Cc3ccc(OC)cc3)ncc12. The number of hydrogen-bond donors (Lipinski definition) is 1. The van der Waals surface area contributed by atoms with Crippen LogP contribution in [0.2, 0.25) is 0 Å². The molecule has 5 aromatic rings. The summed E-state index contributed by atoms with van der Waals surface area (Å²) >= 11 is 6.15. The zero-order chi connectivity index (χ0) is 23.7. The number of halogens is 1. The van der Waals surface area contributed by atoms with Gasteiger partial charge in [-0.25, -0.2) is 15.0 Å². The maximum Gasteiger partial charge on any atom is 0.165 e. The van der Waals surface area contributed by atoms with Crippen LogP contribution in [0.15, 0.2) is 74.0 Å². The number of nitrogens with zero attached hydrogens (tertiary/aromatic N) is 5. The minimum Gasteiger partial charge on any atom is -0.497 e. The van der Waals surface area contributed by atoms with Gasteiger partial charge >= 0.3 is 0 Å². The van der Waals surface area contributed by atoms with E-state index < -0.39 is 0 Å². The zero-order valence-electron chi connectivity index (χ0n) is 18.9. The molecule has 5 rings (SSSR count). The lowest BCUT2D eigenvalue weighted by molar-refractivity contribution is 0.414. The quantitative estimate of drug-likeness (QED) is 0.323. The number of anilines is 1. The summed E-state index contributed by atoms with van der Waals surface area (Å²) in [7, 11) is 1.66. The highest BCUT2D eigenvalue weighted by Gasteiger charge is 2.15. The van der Waals surface area contributed by atoms with Crippen LogP contribution in [0.25, 0.3) is 27.0 Å². The molecule has 0 radical (unpaired) electrons. The number of rotatable bonds is 7. The van der Waals surface area contributed by atoms with Crippen molar-refractivity contribution in [2.45, 2.75) is 19.5 Å². The third-order valence-corrected chi connectivity index (χ3v) is 5.99. The van der Waals surface area contributed by atoms with Gasteiger partial charge < -0.3 is 14.6 Å². The zero-order valence-corrected chi connectivity index (χ0v) is 19.6. The second-order valence-corrected chi connectivity index (χ2v) is 8.48. The van der Waals surface area contributed by atoms with E-state index in [0.29, 0.717) is 22.9 Å². The molecule has 1 atom stereocenters. The lowest BCUT2D eigenvalue weighted by atomic mass is 10.0. The van der Waals surface area contributed by atoms with Crippen molar-refractivity contribution in [3.05, 3.63) is 90.8 Å². The normalized spacial score (nSPS) is 12.1. The molecular weight excluding hydrogens is 448 g/mol. The molecular formula is C26H23ClN6O. The Morgan fingerprint density at radius 2 is 1.94 bits per heavy atom. The summed E-state index contributed by atoms with van der Waals surface area (Å²) in [5, 5.41) is 5.97. The maximum absolute atomic E-state index is 6.15. The van der Waals surface area contributed by atoms with Crippen LogP contribution in [-0.2, 0) is 6.54 Å². The molecule has 8 heteroatoms. The van der Waals surface area contributed by atoms with E-state index in [4.69, 9.17) is 16.3 Å². The number of benzene rings is 2. The fraction of sp³-hybridized carbons (Fsp3) is 0.154. The van der Waals surface area contributed by atoms with Crippen molar-refractivity contribution in [1.29, 1.82) is 0 Å². The van der Waals surface area contributed by atoms with Crippen LogP contribution in [0.1, 0.15) is 29.8 Å². The molecule has 0 aliphatic carbocycles. The molecule has 2 aromatic carbocycles. The lowest BCUT2D eigenvalue weighted by Gasteiger charge is -2.15. The van der Waals surface area contributed by atoms with E-state index in [-0.39, 0.29) is 6.04 Å². The van der Waals surface area contributed by atoms with Gasteiger partial charge in [0.1, 0.15) is 17.6 Å². The number of ether oxygens (including phenoxy) is 1. The summed E-state index contributed by atoms with van der Waals surface area (Å²) in [6.45, 7) is 6.54. The first kappa shape index (κ1) is 21.9. The van der Waals surface area contributed by atoms with Gasteiger partial charge in [0, 0.05) is 22.2 Å². The molecule has 0 aliphatic heterocycles. The standard InChI is InChI=1S/C26H23ClN6O/c1-16(27)21-6-4-5-19-11-23(28-12-22(19)21)17(2)32-25-24-26(30-14-29-25)33(15-31-24)13-18-7-9-20(34-3)10-8-18/h4-12,14-15,17H,1,13H2,2-3H3,(H,29,30,32). The summed E-state index contributed by atoms with van der Waals surface area (Å²) in [4.78, 5) is 18.2. The highest BCUT2D eigenvalue weighted by Crippen LogP contribution is 2.29. The third kappa shape index (κ3) is 4.18. The minimum atomic E-state index is -0.0999. The molecule has 0 saturated carbocycles. The molecule has 3 heterocycles. The molecule has 1 N–H and O–H groups in total. The summed E-state index contributed by atoms with van der Waals surface area (Å²) < 4.78 is 7.24. The van der Waals surface area contributed by atoms with Crippen LogP contribution in [0.4, 0.5) is 5.82 Å². The predicted molar refractivity (Wildman–Crippen MR) is 136 cm³/mol. The van der Waals surface area contributed by atoms with Gasteiger partial charge in [-0.2, -0.15) is 0 Å². The van der Waals surface area contributed by atoms with Crippen LogP contribution in [0, 0.1) is 0 Å². The first-order valence-corrected chi connectivity index (χ1v) is 11.2. The summed E-state index contributed by atoms with van der Waals surface area (Å²) in [5.74, 6) is 1.49. The highest BCUT2D eigenvalue weighted by molar-refractivity contribution is 6.49. The van der Waals surface area contributed by atoms with Crippen molar-refractivity contribution in [2.24, 2.45) is 0 Å². The first-order valence-electron chi connectivity index (χ1n) is 10.8. The fourth-order valence-corrected chi connectivity index (χ4v) is 4.14. The van der Waals surface area contributed by atoms with Crippen molar-refractivity contribution in [2.75, 3.05) is 12.4 Å². The van der Waals surface area contributed by atoms with E-state index in [1.165, 1.54) is 0 Å². The Bertz CT molecular complexity index is 1500. The molecule has 0 saturated heterocycles. The molecule has 170 valence electrons.